The van der Waals surface area contributed by atoms with Gasteiger partial charge in [-0.2, -0.15) is 0 Å². The minimum Gasteiger partial charge on any atom is -0.369 e. The number of primary amides is 1. The topological polar surface area (TPSA) is 43.1 Å². The van der Waals surface area contributed by atoms with Crippen LogP contribution >= 0.6 is 12.4 Å². The quantitative estimate of drug-likeness (QED) is 0.796. The second-order valence-electron chi connectivity index (χ2n) is 2.77. The van der Waals surface area contributed by atoms with E-state index in [-0.39, 0.29) is 24.2 Å². The summed E-state index contributed by atoms with van der Waals surface area (Å²) in [6.45, 7) is 1.96. The molecule has 0 heterocycles. The lowest BCUT2D eigenvalue weighted by Crippen LogP contribution is -2.20. The van der Waals surface area contributed by atoms with Gasteiger partial charge in [-0.3, -0.25) is 4.79 Å². The van der Waals surface area contributed by atoms with Crippen LogP contribution in [0.1, 0.15) is 24.8 Å². The minimum atomic E-state index is -0.247. The van der Waals surface area contributed by atoms with Crippen LogP contribution in [0.3, 0.4) is 0 Å². The number of nitrogens with two attached hydrogens (primary N) is 1. The monoisotopic (exact) mass is 199 g/mol. The van der Waals surface area contributed by atoms with Crippen molar-refractivity contribution in [3.8, 4) is 0 Å². The van der Waals surface area contributed by atoms with E-state index >= 15 is 0 Å². The summed E-state index contributed by atoms with van der Waals surface area (Å²) in [6.07, 6.45) is 0.763. The fraction of sp³-hybridized carbons (Fsp3) is 0.300. The van der Waals surface area contributed by atoms with Gasteiger partial charge in [0, 0.05) is 0 Å². The summed E-state index contributed by atoms with van der Waals surface area (Å²) in [5, 5.41) is 0. The van der Waals surface area contributed by atoms with Crippen molar-refractivity contribution in [3.05, 3.63) is 35.9 Å². The predicted octanol–water partition coefficient (Wildman–Crippen LogP) is 2.09. The lowest BCUT2D eigenvalue weighted by Gasteiger charge is -2.09. The number of hydrogen-bond donors (Lipinski definition) is 1. The molecule has 0 aliphatic heterocycles. The molecule has 3 heteroatoms. The van der Waals surface area contributed by atoms with Gasteiger partial charge in [0.1, 0.15) is 0 Å². The zero-order valence-corrected chi connectivity index (χ0v) is 8.38. The average molecular weight is 200 g/mol. The average Bonchev–Trinajstić information content (AvgIpc) is 2.07. The summed E-state index contributed by atoms with van der Waals surface area (Å²) in [5.74, 6) is -0.380. The van der Waals surface area contributed by atoms with Crippen LogP contribution in [0.5, 0.6) is 0 Å². The minimum absolute atomic E-state index is 0. The number of benzene rings is 1. The Morgan fingerprint density at radius 3 is 2.31 bits per heavy atom. The van der Waals surface area contributed by atoms with Crippen molar-refractivity contribution in [3.63, 3.8) is 0 Å². The Hall–Kier alpha value is -1.02. The fourth-order valence-electron chi connectivity index (χ4n) is 1.29. The molecule has 0 aromatic heterocycles. The van der Waals surface area contributed by atoms with E-state index in [0.717, 1.165) is 12.0 Å². The van der Waals surface area contributed by atoms with Gasteiger partial charge in [-0.15, -0.1) is 12.4 Å². The summed E-state index contributed by atoms with van der Waals surface area (Å²) in [5.41, 5.74) is 6.25. The molecule has 0 saturated carbocycles. The smallest absolute Gasteiger partial charge is 0.224 e. The van der Waals surface area contributed by atoms with Gasteiger partial charge in [0.05, 0.1) is 5.92 Å². The molecule has 0 spiro atoms. The van der Waals surface area contributed by atoms with Gasteiger partial charge in [-0.1, -0.05) is 37.3 Å². The van der Waals surface area contributed by atoms with Crippen LogP contribution in [0.25, 0.3) is 0 Å². The Labute approximate surface area is 84.5 Å². The summed E-state index contributed by atoms with van der Waals surface area (Å²) in [6, 6.07) is 9.62. The molecule has 1 atom stereocenters. The van der Waals surface area contributed by atoms with Gasteiger partial charge in [-0.05, 0) is 12.0 Å². The molecule has 0 aliphatic carbocycles. The van der Waals surface area contributed by atoms with Crippen molar-refractivity contribution in [2.45, 2.75) is 19.3 Å². The van der Waals surface area contributed by atoms with Crippen molar-refractivity contribution in [2.75, 3.05) is 0 Å². The van der Waals surface area contributed by atoms with Gasteiger partial charge in [-0.25, -0.2) is 0 Å². The first kappa shape index (κ1) is 12.0. The number of carbonyl (C=O) groups excluding carboxylic acids is 1. The van der Waals surface area contributed by atoms with Gasteiger partial charge in [0.25, 0.3) is 0 Å². The molecule has 0 aliphatic rings. The molecule has 1 unspecified atom stereocenters. The van der Waals surface area contributed by atoms with Crippen LogP contribution in [0.2, 0.25) is 0 Å². The first-order valence-corrected chi connectivity index (χ1v) is 4.10. The van der Waals surface area contributed by atoms with Gasteiger partial charge in [0.15, 0.2) is 0 Å². The highest BCUT2D eigenvalue weighted by Crippen LogP contribution is 2.17. The Bertz CT molecular complexity index is 261. The maximum atomic E-state index is 11.0. The van der Waals surface area contributed by atoms with Crippen LogP contribution in [0, 0.1) is 0 Å². The second-order valence-corrected chi connectivity index (χ2v) is 2.77. The number of rotatable bonds is 3. The van der Waals surface area contributed by atoms with E-state index in [4.69, 9.17) is 5.73 Å². The number of hydrogen-bond acceptors (Lipinski definition) is 1. The molecule has 0 fully saturated rings. The lowest BCUT2D eigenvalue weighted by molar-refractivity contribution is -0.119. The Kier molecular flexibility index (Phi) is 5.16. The van der Waals surface area contributed by atoms with E-state index in [1.165, 1.54) is 0 Å². The van der Waals surface area contributed by atoms with Crippen molar-refractivity contribution >= 4 is 18.3 Å². The molecule has 1 aromatic rings. The zero-order valence-electron chi connectivity index (χ0n) is 7.57. The Balaban J connectivity index is 0.00000144. The third kappa shape index (κ3) is 3.07. The number of carbonyl (C=O) groups is 1. The SMILES string of the molecule is CCC(C(N)=O)c1ccccc1.Cl. The van der Waals surface area contributed by atoms with Crippen LogP contribution in [-0.2, 0) is 4.79 Å². The fourth-order valence-corrected chi connectivity index (χ4v) is 1.29. The molecule has 13 heavy (non-hydrogen) atoms. The largest absolute Gasteiger partial charge is 0.369 e. The number of halogens is 1. The van der Waals surface area contributed by atoms with Gasteiger partial charge in [0.2, 0.25) is 5.91 Å². The standard InChI is InChI=1S/C10H13NO.ClH/c1-2-9(10(11)12)8-6-4-3-5-7-8;/h3-7,9H,2H2,1H3,(H2,11,12);1H. The van der Waals surface area contributed by atoms with Crippen LogP contribution in [-0.4, -0.2) is 5.91 Å². The second kappa shape index (κ2) is 5.60. The normalized spacial score (nSPS) is 11.5. The van der Waals surface area contributed by atoms with E-state index in [9.17, 15) is 4.79 Å². The molecule has 0 radical (unpaired) electrons. The summed E-state index contributed by atoms with van der Waals surface area (Å²) >= 11 is 0. The van der Waals surface area contributed by atoms with E-state index in [0.29, 0.717) is 0 Å². The van der Waals surface area contributed by atoms with Gasteiger partial charge >= 0.3 is 0 Å². The first-order valence-electron chi connectivity index (χ1n) is 4.10. The van der Waals surface area contributed by atoms with Crippen LogP contribution in [0.15, 0.2) is 30.3 Å². The third-order valence-corrected chi connectivity index (χ3v) is 1.95. The first-order chi connectivity index (χ1) is 5.75. The molecule has 1 aromatic carbocycles. The molecule has 2 N–H and O–H groups in total. The summed E-state index contributed by atoms with van der Waals surface area (Å²) in [4.78, 5) is 11.0. The van der Waals surface area contributed by atoms with Crippen molar-refractivity contribution in [1.29, 1.82) is 0 Å². The highest BCUT2D eigenvalue weighted by atomic mass is 35.5. The molecule has 0 saturated heterocycles. The van der Waals surface area contributed by atoms with Crippen molar-refractivity contribution < 1.29 is 4.79 Å². The molecular formula is C10H14ClNO. The maximum absolute atomic E-state index is 11.0. The van der Waals surface area contributed by atoms with Crippen molar-refractivity contribution in [2.24, 2.45) is 5.73 Å². The van der Waals surface area contributed by atoms with E-state index in [1.807, 2.05) is 37.3 Å². The van der Waals surface area contributed by atoms with E-state index in [2.05, 4.69) is 0 Å². The molecule has 1 amide bonds. The summed E-state index contributed by atoms with van der Waals surface area (Å²) in [7, 11) is 0. The molecule has 1 rings (SSSR count). The van der Waals surface area contributed by atoms with Crippen LogP contribution < -0.4 is 5.73 Å². The highest BCUT2D eigenvalue weighted by Gasteiger charge is 2.13. The number of amides is 1. The molecule has 72 valence electrons. The molecule has 2 nitrogen and oxygen atoms in total. The van der Waals surface area contributed by atoms with Crippen LogP contribution in [0.4, 0.5) is 0 Å². The Morgan fingerprint density at radius 1 is 1.38 bits per heavy atom. The molecule has 0 bridgehead atoms. The predicted molar refractivity (Wildman–Crippen MR) is 55.9 cm³/mol. The third-order valence-electron chi connectivity index (χ3n) is 1.95. The van der Waals surface area contributed by atoms with Gasteiger partial charge < -0.3 is 5.73 Å². The highest BCUT2D eigenvalue weighted by molar-refractivity contribution is 5.85. The van der Waals surface area contributed by atoms with Crippen molar-refractivity contribution in [1.82, 2.24) is 0 Å². The Morgan fingerprint density at radius 2 is 1.92 bits per heavy atom. The molecular weight excluding hydrogens is 186 g/mol. The van der Waals surface area contributed by atoms with E-state index in [1.54, 1.807) is 0 Å². The maximum Gasteiger partial charge on any atom is 0.224 e. The zero-order chi connectivity index (χ0) is 8.97. The van der Waals surface area contributed by atoms with E-state index < -0.39 is 0 Å². The summed E-state index contributed by atoms with van der Waals surface area (Å²) < 4.78 is 0. The lowest BCUT2D eigenvalue weighted by atomic mass is 9.96.